The maximum Gasteiger partial charge on any atom is 0.0552 e. The minimum absolute atomic E-state index is 0.426. The summed E-state index contributed by atoms with van der Waals surface area (Å²) in [7, 11) is 0. The molecule has 140 valence electrons. The fraction of sp³-hybridized carbons (Fsp3) is 0.120. The fourth-order valence-corrected chi connectivity index (χ4v) is 4.83. The van der Waals surface area contributed by atoms with Gasteiger partial charge in [0.05, 0.1) is 6.10 Å². The maximum atomic E-state index is 10.00. The molecular formula is C25H21ClOS. The van der Waals surface area contributed by atoms with Crippen molar-refractivity contribution in [2.45, 2.75) is 19.4 Å². The zero-order valence-electron chi connectivity index (χ0n) is 15.6. The number of benzene rings is 3. The van der Waals surface area contributed by atoms with Crippen LogP contribution in [0, 0.1) is 0 Å². The summed E-state index contributed by atoms with van der Waals surface area (Å²) in [6.07, 6.45) is 0.144. The highest BCUT2D eigenvalue weighted by molar-refractivity contribution is 7.19. The molecule has 4 aromatic rings. The van der Waals surface area contributed by atoms with E-state index in [0.717, 1.165) is 11.1 Å². The lowest BCUT2D eigenvalue weighted by Gasteiger charge is -2.13. The number of hydrogen-bond donors (Lipinski definition) is 1. The number of halogens is 1. The van der Waals surface area contributed by atoms with Crippen LogP contribution < -0.4 is 0 Å². The molecule has 0 bridgehead atoms. The van der Waals surface area contributed by atoms with Crippen LogP contribution in [-0.2, 0) is 6.42 Å². The van der Waals surface area contributed by atoms with E-state index in [1.54, 1.807) is 11.3 Å². The van der Waals surface area contributed by atoms with E-state index in [0.29, 0.717) is 11.4 Å². The number of rotatable bonds is 5. The Morgan fingerprint density at radius 2 is 1.46 bits per heavy atom. The molecule has 0 spiro atoms. The van der Waals surface area contributed by atoms with Gasteiger partial charge in [-0.25, -0.2) is 0 Å². The first-order valence-corrected chi connectivity index (χ1v) is 10.5. The van der Waals surface area contributed by atoms with Crippen LogP contribution in [0.3, 0.4) is 0 Å². The predicted octanol–water partition coefficient (Wildman–Crippen LogP) is 7.33. The van der Waals surface area contributed by atoms with Crippen LogP contribution in [-0.4, -0.2) is 11.2 Å². The molecule has 0 saturated carbocycles. The Bertz CT molecular complexity index is 1070. The van der Waals surface area contributed by atoms with Crippen molar-refractivity contribution in [1.29, 1.82) is 0 Å². The first kappa shape index (κ1) is 18.9. The summed E-state index contributed by atoms with van der Waals surface area (Å²) in [5.41, 5.74) is 5.78. The second-order valence-electron chi connectivity index (χ2n) is 6.94. The van der Waals surface area contributed by atoms with Crippen LogP contribution in [0.1, 0.15) is 12.5 Å². The van der Waals surface area contributed by atoms with Gasteiger partial charge in [-0.05, 0) is 53.8 Å². The van der Waals surface area contributed by atoms with Gasteiger partial charge in [0.2, 0.25) is 0 Å². The molecule has 3 aromatic carbocycles. The third-order valence-electron chi connectivity index (χ3n) is 4.70. The van der Waals surface area contributed by atoms with E-state index in [9.17, 15) is 5.11 Å². The normalized spacial score (nSPS) is 12.1. The van der Waals surface area contributed by atoms with E-state index in [4.69, 9.17) is 11.6 Å². The zero-order valence-corrected chi connectivity index (χ0v) is 17.2. The van der Waals surface area contributed by atoms with Gasteiger partial charge in [0.1, 0.15) is 0 Å². The minimum Gasteiger partial charge on any atom is -0.393 e. The van der Waals surface area contributed by atoms with Gasteiger partial charge in [0.15, 0.2) is 0 Å². The van der Waals surface area contributed by atoms with Crippen molar-refractivity contribution in [3.8, 4) is 32.0 Å². The molecule has 0 fully saturated rings. The van der Waals surface area contributed by atoms with Crippen molar-refractivity contribution in [2.24, 2.45) is 0 Å². The number of hydrogen-bond acceptors (Lipinski definition) is 2. The van der Waals surface area contributed by atoms with Crippen LogP contribution in [0.4, 0.5) is 0 Å². The number of aliphatic hydroxyl groups is 1. The summed E-state index contributed by atoms with van der Waals surface area (Å²) in [6, 6.07) is 29.2. The lowest BCUT2D eigenvalue weighted by molar-refractivity contribution is 0.195. The van der Waals surface area contributed by atoms with Crippen molar-refractivity contribution < 1.29 is 5.11 Å². The first-order chi connectivity index (χ1) is 13.6. The van der Waals surface area contributed by atoms with Crippen LogP contribution in [0.2, 0.25) is 5.02 Å². The smallest absolute Gasteiger partial charge is 0.0552 e. The average molecular weight is 405 g/mol. The van der Waals surface area contributed by atoms with Gasteiger partial charge in [-0.1, -0.05) is 78.3 Å². The van der Waals surface area contributed by atoms with Crippen LogP contribution in [0.15, 0.2) is 84.9 Å². The van der Waals surface area contributed by atoms with Gasteiger partial charge in [0, 0.05) is 20.3 Å². The molecule has 1 unspecified atom stereocenters. The van der Waals surface area contributed by atoms with Gasteiger partial charge in [0.25, 0.3) is 0 Å². The molecule has 1 atom stereocenters. The SMILES string of the molecule is CC(O)Cc1cc(Cl)ccc1-c1cc(-c2ccccc2)sc1-c1ccccc1. The lowest BCUT2D eigenvalue weighted by atomic mass is 9.94. The highest BCUT2D eigenvalue weighted by Crippen LogP contribution is 2.44. The van der Waals surface area contributed by atoms with Crippen molar-refractivity contribution in [1.82, 2.24) is 0 Å². The molecule has 1 nitrogen and oxygen atoms in total. The standard InChI is InChI=1S/C25H21ClOS/c1-17(27)14-20-15-21(26)12-13-22(20)23-16-24(18-8-4-2-5-9-18)28-25(23)19-10-6-3-7-11-19/h2-13,15-17,27H,14H2,1H3. The highest BCUT2D eigenvalue weighted by atomic mass is 35.5. The molecular weight excluding hydrogens is 384 g/mol. The summed E-state index contributed by atoms with van der Waals surface area (Å²) < 4.78 is 0. The van der Waals surface area contributed by atoms with Gasteiger partial charge in [-0.3, -0.25) is 0 Å². The third kappa shape index (κ3) is 4.05. The molecule has 0 aliphatic rings. The summed E-state index contributed by atoms with van der Waals surface area (Å²) in [5.74, 6) is 0. The zero-order chi connectivity index (χ0) is 19.5. The Kier molecular flexibility index (Phi) is 5.63. The van der Waals surface area contributed by atoms with E-state index in [2.05, 4.69) is 60.7 Å². The Labute approximate surface area is 174 Å². The summed E-state index contributed by atoms with van der Waals surface area (Å²) >= 11 is 8.06. The highest BCUT2D eigenvalue weighted by Gasteiger charge is 2.17. The molecule has 1 aromatic heterocycles. The Hall–Kier alpha value is -2.39. The van der Waals surface area contributed by atoms with Gasteiger partial charge in [-0.2, -0.15) is 0 Å². The molecule has 0 amide bonds. The molecule has 0 aliphatic heterocycles. The monoisotopic (exact) mass is 404 g/mol. The largest absolute Gasteiger partial charge is 0.393 e. The molecule has 0 radical (unpaired) electrons. The van der Waals surface area contributed by atoms with Crippen LogP contribution in [0.5, 0.6) is 0 Å². The summed E-state index contributed by atoms with van der Waals surface area (Å²) in [6.45, 7) is 1.81. The summed E-state index contributed by atoms with van der Waals surface area (Å²) in [4.78, 5) is 2.46. The second kappa shape index (κ2) is 8.32. The van der Waals surface area contributed by atoms with E-state index < -0.39 is 6.10 Å². The van der Waals surface area contributed by atoms with Gasteiger partial charge >= 0.3 is 0 Å². The molecule has 28 heavy (non-hydrogen) atoms. The number of thiophene rings is 1. The van der Waals surface area contributed by atoms with Crippen LogP contribution >= 0.6 is 22.9 Å². The van der Waals surface area contributed by atoms with E-state index in [-0.39, 0.29) is 0 Å². The Balaban J connectivity index is 1.93. The average Bonchev–Trinajstić information content (AvgIpc) is 3.14. The molecule has 3 heteroatoms. The van der Waals surface area contributed by atoms with Crippen molar-refractivity contribution >= 4 is 22.9 Å². The molecule has 0 aliphatic carbocycles. The van der Waals surface area contributed by atoms with Crippen LogP contribution in [0.25, 0.3) is 32.0 Å². The topological polar surface area (TPSA) is 20.2 Å². The molecule has 0 saturated heterocycles. The van der Waals surface area contributed by atoms with Crippen molar-refractivity contribution in [2.75, 3.05) is 0 Å². The summed E-state index contributed by atoms with van der Waals surface area (Å²) in [5, 5.41) is 10.7. The lowest BCUT2D eigenvalue weighted by Crippen LogP contribution is -2.05. The van der Waals surface area contributed by atoms with E-state index in [1.165, 1.54) is 26.4 Å². The quantitative estimate of drug-likeness (QED) is 0.369. The van der Waals surface area contributed by atoms with Crippen molar-refractivity contribution in [3.05, 3.63) is 95.5 Å². The number of aliphatic hydroxyl groups excluding tert-OH is 1. The Morgan fingerprint density at radius 1 is 0.821 bits per heavy atom. The maximum absolute atomic E-state index is 10.00. The second-order valence-corrected chi connectivity index (χ2v) is 8.43. The van der Waals surface area contributed by atoms with Gasteiger partial charge < -0.3 is 5.11 Å². The van der Waals surface area contributed by atoms with Gasteiger partial charge in [-0.15, -0.1) is 11.3 Å². The Morgan fingerprint density at radius 3 is 2.11 bits per heavy atom. The molecule has 1 heterocycles. The fourth-order valence-electron chi connectivity index (χ4n) is 3.45. The predicted molar refractivity (Wildman–Crippen MR) is 121 cm³/mol. The van der Waals surface area contributed by atoms with E-state index >= 15 is 0 Å². The first-order valence-electron chi connectivity index (χ1n) is 9.33. The minimum atomic E-state index is -0.426. The third-order valence-corrected chi connectivity index (χ3v) is 6.17. The van der Waals surface area contributed by atoms with E-state index in [1.807, 2.05) is 31.2 Å². The molecule has 1 N–H and O–H groups in total. The van der Waals surface area contributed by atoms with Crippen molar-refractivity contribution in [3.63, 3.8) is 0 Å². The molecule has 4 rings (SSSR count).